The summed E-state index contributed by atoms with van der Waals surface area (Å²) in [6.07, 6.45) is 2.94. The van der Waals surface area contributed by atoms with Gasteiger partial charge in [0.25, 0.3) is 0 Å². The number of hydrogen-bond acceptors (Lipinski definition) is 3. The average Bonchev–Trinajstić information content (AvgIpc) is 2.46. The maximum atomic E-state index is 12.3. The number of rotatable bonds is 4. The molecular formula is C16H25ClN2O2S. The highest BCUT2D eigenvalue weighted by molar-refractivity contribution is 7.89. The largest absolute Gasteiger partial charge is 0.313 e. The highest BCUT2D eigenvalue weighted by Crippen LogP contribution is 2.23. The maximum absolute atomic E-state index is 12.3. The Morgan fingerprint density at radius 3 is 2.32 bits per heavy atom. The lowest BCUT2D eigenvalue weighted by Crippen LogP contribution is -2.29. The van der Waals surface area contributed by atoms with Gasteiger partial charge in [0.1, 0.15) is 0 Å². The van der Waals surface area contributed by atoms with E-state index in [4.69, 9.17) is 0 Å². The Morgan fingerprint density at radius 2 is 1.82 bits per heavy atom. The second kappa shape index (κ2) is 7.59. The molecule has 1 aromatic carbocycles. The van der Waals surface area contributed by atoms with Crippen molar-refractivity contribution in [3.63, 3.8) is 0 Å². The zero-order valence-electron chi connectivity index (χ0n) is 13.3. The van der Waals surface area contributed by atoms with Crippen molar-refractivity contribution < 1.29 is 8.42 Å². The Morgan fingerprint density at radius 1 is 1.18 bits per heavy atom. The molecule has 0 bridgehead atoms. The van der Waals surface area contributed by atoms with Gasteiger partial charge in [-0.1, -0.05) is 44.6 Å². The Bertz CT molecular complexity index is 617. The predicted octanol–water partition coefficient (Wildman–Crippen LogP) is 2.60. The van der Waals surface area contributed by atoms with Crippen LogP contribution in [0.2, 0.25) is 0 Å². The SMILES string of the molecule is CC(C)(C)c1ccc(S(=O)(=O)NCC2=CCNCC2)cc1.Cl. The van der Waals surface area contributed by atoms with E-state index in [1.54, 1.807) is 12.1 Å². The first-order chi connectivity index (χ1) is 9.79. The fourth-order valence-corrected chi connectivity index (χ4v) is 3.27. The molecule has 2 rings (SSSR count). The van der Waals surface area contributed by atoms with E-state index in [1.807, 2.05) is 12.1 Å². The molecule has 0 amide bonds. The van der Waals surface area contributed by atoms with Crippen LogP contribution in [-0.2, 0) is 15.4 Å². The standard InChI is InChI=1S/C16H24N2O2S.ClH/c1-16(2,3)14-4-6-15(7-5-14)21(19,20)18-12-13-8-10-17-11-9-13;/h4-8,17-18H,9-12H2,1-3H3;1H. The third-order valence-corrected chi connectivity index (χ3v) is 5.10. The minimum absolute atomic E-state index is 0. The molecular weight excluding hydrogens is 320 g/mol. The number of sulfonamides is 1. The van der Waals surface area contributed by atoms with Crippen molar-refractivity contribution in [3.8, 4) is 0 Å². The van der Waals surface area contributed by atoms with Gasteiger partial charge in [-0.2, -0.15) is 0 Å². The van der Waals surface area contributed by atoms with Crippen LogP contribution < -0.4 is 10.0 Å². The summed E-state index contributed by atoms with van der Waals surface area (Å²) in [7, 11) is -3.43. The van der Waals surface area contributed by atoms with Crippen molar-refractivity contribution in [2.24, 2.45) is 0 Å². The Balaban J connectivity index is 0.00000242. The third-order valence-electron chi connectivity index (χ3n) is 3.68. The van der Waals surface area contributed by atoms with Crippen LogP contribution in [0.3, 0.4) is 0 Å². The molecule has 0 radical (unpaired) electrons. The number of hydrogen-bond donors (Lipinski definition) is 2. The molecule has 1 heterocycles. The van der Waals surface area contributed by atoms with E-state index in [9.17, 15) is 8.42 Å². The molecule has 0 saturated heterocycles. The summed E-state index contributed by atoms with van der Waals surface area (Å²) < 4.78 is 27.2. The highest BCUT2D eigenvalue weighted by Gasteiger charge is 2.17. The molecule has 0 unspecified atom stereocenters. The van der Waals surface area contributed by atoms with Crippen LogP contribution in [0.4, 0.5) is 0 Å². The molecule has 0 aliphatic carbocycles. The van der Waals surface area contributed by atoms with Crippen molar-refractivity contribution in [2.45, 2.75) is 37.5 Å². The molecule has 0 saturated carbocycles. The quantitative estimate of drug-likeness (QED) is 0.825. The van der Waals surface area contributed by atoms with Gasteiger partial charge in [-0.05, 0) is 36.1 Å². The minimum atomic E-state index is -3.43. The fraction of sp³-hybridized carbons (Fsp3) is 0.500. The molecule has 1 aromatic rings. The van der Waals surface area contributed by atoms with Gasteiger partial charge in [-0.25, -0.2) is 13.1 Å². The van der Waals surface area contributed by atoms with Gasteiger partial charge >= 0.3 is 0 Å². The van der Waals surface area contributed by atoms with Gasteiger partial charge in [-0.15, -0.1) is 12.4 Å². The smallest absolute Gasteiger partial charge is 0.240 e. The van der Waals surface area contributed by atoms with E-state index in [-0.39, 0.29) is 17.8 Å². The normalized spacial score (nSPS) is 15.9. The average molecular weight is 345 g/mol. The summed E-state index contributed by atoms with van der Waals surface area (Å²) >= 11 is 0. The maximum Gasteiger partial charge on any atom is 0.240 e. The van der Waals surface area contributed by atoms with E-state index in [0.717, 1.165) is 30.6 Å². The van der Waals surface area contributed by atoms with Crippen LogP contribution in [0.15, 0.2) is 40.8 Å². The molecule has 0 atom stereocenters. The molecule has 2 N–H and O–H groups in total. The van der Waals surface area contributed by atoms with Gasteiger partial charge in [0.05, 0.1) is 4.90 Å². The number of nitrogens with one attached hydrogen (secondary N) is 2. The third kappa shape index (κ3) is 5.09. The molecule has 22 heavy (non-hydrogen) atoms. The minimum Gasteiger partial charge on any atom is -0.313 e. The van der Waals surface area contributed by atoms with Gasteiger partial charge in [0, 0.05) is 13.1 Å². The molecule has 4 nitrogen and oxygen atoms in total. The predicted molar refractivity (Wildman–Crippen MR) is 93.1 cm³/mol. The lowest BCUT2D eigenvalue weighted by molar-refractivity contribution is 0.579. The zero-order chi connectivity index (χ0) is 15.5. The first-order valence-electron chi connectivity index (χ1n) is 7.28. The molecule has 0 fully saturated rings. The van der Waals surface area contributed by atoms with Gasteiger partial charge in [0.15, 0.2) is 0 Å². The molecule has 6 heteroatoms. The van der Waals surface area contributed by atoms with Crippen LogP contribution in [0.1, 0.15) is 32.8 Å². The van der Waals surface area contributed by atoms with E-state index in [2.05, 4.69) is 36.9 Å². The van der Waals surface area contributed by atoms with Gasteiger partial charge in [-0.3, -0.25) is 0 Å². The summed E-state index contributed by atoms with van der Waals surface area (Å²) in [5.74, 6) is 0. The van der Waals surface area contributed by atoms with Crippen LogP contribution >= 0.6 is 12.4 Å². The Hall–Kier alpha value is -0.880. The van der Waals surface area contributed by atoms with E-state index in [1.165, 1.54) is 0 Å². The summed E-state index contributed by atoms with van der Waals surface area (Å²) in [5, 5.41) is 3.21. The van der Waals surface area contributed by atoms with Crippen LogP contribution in [0.5, 0.6) is 0 Å². The van der Waals surface area contributed by atoms with Crippen molar-refractivity contribution in [1.82, 2.24) is 10.0 Å². The van der Waals surface area contributed by atoms with Crippen molar-refractivity contribution >= 4 is 22.4 Å². The van der Waals surface area contributed by atoms with Crippen molar-refractivity contribution in [3.05, 3.63) is 41.5 Å². The first kappa shape index (κ1) is 19.2. The highest BCUT2D eigenvalue weighted by atomic mass is 35.5. The lowest BCUT2D eigenvalue weighted by Gasteiger charge is -2.19. The molecule has 1 aliphatic heterocycles. The van der Waals surface area contributed by atoms with Crippen molar-refractivity contribution in [1.29, 1.82) is 0 Å². The zero-order valence-corrected chi connectivity index (χ0v) is 15.0. The lowest BCUT2D eigenvalue weighted by atomic mass is 9.87. The Kier molecular flexibility index (Phi) is 6.62. The van der Waals surface area contributed by atoms with Crippen LogP contribution in [0.25, 0.3) is 0 Å². The number of benzene rings is 1. The molecule has 0 aromatic heterocycles. The van der Waals surface area contributed by atoms with Crippen LogP contribution in [0, 0.1) is 0 Å². The fourth-order valence-electron chi connectivity index (χ4n) is 2.24. The summed E-state index contributed by atoms with van der Waals surface area (Å²) in [6.45, 7) is 8.45. The second-order valence-electron chi connectivity index (χ2n) is 6.42. The molecule has 124 valence electrons. The van der Waals surface area contributed by atoms with Crippen LogP contribution in [-0.4, -0.2) is 28.1 Å². The second-order valence-corrected chi connectivity index (χ2v) is 8.18. The van der Waals surface area contributed by atoms with Gasteiger partial charge in [0.2, 0.25) is 10.0 Å². The first-order valence-corrected chi connectivity index (χ1v) is 8.76. The van der Waals surface area contributed by atoms with Gasteiger partial charge < -0.3 is 5.32 Å². The monoisotopic (exact) mass is 344 g/mol. The van der Waals surface area contributed by atoms with E-state index >= 15 is 0 Å². The number of halogens is 1. The Labute approximate surface area is 139 Å². The summed E-state index contributed by atoms with van der Waals surface area (Å²) in [5.41, 5.74) is 2.29. The van der Waals surface area contributed by atoms with E-state index < -0.39 is 10.0 Å². The summed E-state index contributed by atoms with van der Waals surface area (Å²) in [4.78, 5) is 0.324. The van der Waals surface area contributed by atoms with Crippen molar-refractivity contribution in [2.75, 3.05) is 19.6 Å². The molecule has 0 spiro atoms. The molecule has 1 aliphatic rings. The topological polar surface area (TPSA) is 58.2 Å². The summed E-state index contributed by atoms with van der Waals surface area (Å²) in [6, 6.07) is 7.14. The van der Waals surface area contributed by atoms with E-state index in [0.29, 0.717) is 11.4 Å².